The Labute approximate surface area is 133 Å². The van der Waals surface area contributed by atoms with Gasteiger partial charge in [0.25, 0.3) is 0 Å². The van der Waals surface area contributed by atoms with Crippen molar-refractivity contribution in [3.8, 4) is 0 Å². The van der Waals surface area contributed by atoms with E-state index in [0.29, 0.717) is 12.8 Å². The molecule has 4 nitrogen and oxygen atoms in total. The van der Waals surface area contributed by atoms with Crippen LogP contribution in [0.1, 0.15) is 30.1 Å². The molecule has 2 rings (SSSR count). The normalized spacial score (nSPS) is 15.1. The second-order valence-corrected chi connectivity index (χ2v) is 5.10. The first kappa shape index (κ1) is 17.9. The molecular weight excluding hydrogens is 337 g/mol. The number of ether oxygens (including phenoxy) is 1. The van der Waals surface area contributed by atoms with Crippen LogP contribution in [0.2, 0.25) is 0 Å². The van der Waals surface area contributed by atoms with Gasteiger partial charge in [0.2, 0.25) is 11.6 Å². The summed E-state index contributed by atoms with van der Waals surface area (Å²) in [6, 6.07) is 0. The number of rotatable bonds is 5. The average Bonchev–Trinajstić information content (AvgIpc) is 3.36. The van der Waals surface area contributed by atoms with Gasteiger partial charge in [0.15, 0.2) is 23.3 Å². The molecule has 1 aliphatic rings. The molecule has 1 aromatic carbocycles. The third-order valence-electron chi connectivity index (χ3n) is 3.45. The summed E-state index contributed by atoms with van der Waals surface area (Å²) in [5, 5.41) is 0. The maximum absolute atomic E-state index is 13.8. The number of carbonyl (C=O) groups excluding carboxylic acids is 2. The third-order valence-corrected chi connectivity index (χ3v) is 3.45. The van der Waals surface area contributed by atoms with Gasteiger partial charge in [-0.15, -0.1) is 0 Å². The van der Waals surface area contributed by atoms with Gasteiger partial charge in [-0.2, -0.15) is 0 Å². The lowest BCUT2D eigenvalue weighted by Crippen LogP contribution is -2.25. The molecule has 0 atom stereocenters. The quantitative estimate of drug-likeness (QED) is 0.130. The first-order valence-electron chi connectivity index (χ1n) is 6.95. The van der Waals surface area contributed by atoms with Crippen molar-refractivity contribution in [1.82, 2.24) is 0 Å². The summed E-state index contributed by atoms with van der Waals surface area (Å²) >= 11 is 0. The number of ketones is 1. The highest BCUT2D eigenvalue weighted by Gasteiger charge is 2.37. The number of Topliss-reactive ketones (excluding diaryl/α,β-unsaturated/α-hetero) is 1. The van der Waals surface area contributed by atoms with E-state index in [-0.39, 0.29) is 18.2 Å². The fraction of sp³-hybridized carbons (Fsp3) is 0.333. The molecule has 0 aliphatic heterocycles. The monoisotopic (exact) mass is 349 g/mol. The van der Waals surface area contributed by atoms with Crippen molar-refractivity contribution in [1.29, 1.82) is 0 Å². The van der Waals surface area contributed by atoms with Gasteiger partial charge < -0.3 is 10.5 Å². The molecule has 130 valence electrons. The smallest absolute Gasteiger partial charge is 0.343 e. The number of carbonyl (C=O) groups is 2. The summed E-state index contributed by atoms with van der Waals surface area (Å²) < 4.78 is 71.8. The van der Waals surface area contributed by atoms with Gasteiger partial charge in [0.1, 0.15) is 11.1 Å². The van der Waals surface area contributed by atoms with Crippen LogP contribution in [-0.4, -0.2) is 18.4 Å². The fourth-order valence-corrected chi connectivity index (χ4v) is 2.07. The Morgan fingerprint density at radius 2 is 1.46 bits per heavy atom. The van der Waals surface area contributed by atoms with E-state index in [0.717, 1.165) is 0 Å². The summed E-state index contributed by atoms with van der Waals surface area (Å²) in [4.78, 5) is 24.2. The second kappa shape index (κ2) is 6.58. The van der Waals surface area contributed by atoms with Crippen LogP contribution in [0.15, 0.2) is 11.3 Å². The molecule has 1 saturated carbocycles. The Hall–Kier alpha value is -2.45. The van der Waals surface area contributed by atoms with E-state index in [4.69, 9.17) is 5.73 Å². The third kappa shape index (κ3) is 2.98. The molecule has 0 spiro atoms. The van der Waals surface area contributed by atoms with Crippen molar-refractivity contribution in [2.24, 2.45) is 11.7 Å². The minimum Gasteiger partial charge on any atom is -0.462 e. The lowest BCUT2D eigenvalue weighted by molar-refractivity contribution is -0.138. The molecule has 0 aromatic heterocycles. The van der Waals surface area contributed by atoms with Crippen LogP contribution in [0.5, 0.6) is 0 Å². The number of nitrogens with two attached hydrogens (primary N) is 1. The molecule has 1 aromatic rings. The first-order chi connectivity index (χ1) is 11.2. The number of allylic oxidation sites excluding steroid dienone is 1. The van der Waals surface area contributed by atoms with Gasteiger partial charge >= 0.3 is 5.97 Å². The van der Waals surface area contributed by atoms with Crippen molar-refractivity contribution in [3.63, 3.8) is 0 Å². The second-order valence-electron chi connectivity index (χ2n) is 5.10. The summed E-state index contributed by atoms with van der Waals surface area (Å²) in [7, 11) is 0. The zero-order chi connectivity index (χ0) is 18.2. The Morgan fingerprint density at radius 3 is 1.88 bits per heavy atom. The van der Waals surface area contributed by atoms with E-state index < -0.39 is 52.0 Å². The molecule has 0 amide bonds. The van der Waals surface area contributed by atoms with Crippen molar-refractivity contribution >= 4 is 11.8 Å². The number of hydrogen-bond acceptors (Lipinski definition) is 4. The standard InChI is InChI=1S/C15H12F5NO3/c1-2-24-15(23)7(13(21)5-3-4-5)14(22)6-8(16)10(18)12(20)11(19)9(6)17/h5H,2-4,21H2,1H3. The van der Waals surface area contributed by atoms with Gasteiger partial charge in [-0.05, 0) is 25.7 Å². The highest BCUT2D eigenvalue weighted by molar-refractivity contribution is 6.24. The maximum atomic E-state index is 13.8. The molecule has 1 aliphatic carbocycles. The van der Waals surface area contributed by atoms with E-state index in [1.807, 2.05) is 0 Å². The van der Waals surface area contributed by atoms with Gasteiger partial charge in [-0.3, -0.25) is 4.79 Å². The predicted octanol–water partition coefficient (Wildman–Crippen LogP) is 2.75. The largest absolute Gasteiger partial charge is 0.462 e. The van der Waals surface area contributed by atoms with E-state index in [1.165, 1.54) is 6.92 Å². The van der Waals surface area contributed by atoms with Gasteiger partial charge in [0.05, 0.1) is 6.61 Å². The molecule has 1 fully saturated rings. The number of halogens is 5. The predicted molar refractivity (Wildman–Crippen MR) is 71.1 cm³/mol. The Kier molecular flexibility index (Phi) is 4.91. The number of benzene rings is 1. The summed E-state index contributed by atoms with van der Waals surface area (Å²) in [5.74, 6) is -15.0. The van der Waals surface area contributed by atoms with Gasteiger partial charge in [0, 0.05) is 5.70 Å². The Morgan fingerprint density at radius 1 is 1.00 bits per heavy atom. The van der Waals surface area contributed by atoms with E-state index in [2.05, 4.69) is 4.74 Å². The van der Waals surface area contributed by atoms with Crippen molar-refractivity contribution < 1.29 is 36.3 Å². The zero-order valence-electron chi connectivity index (χ0n) is 12.4. The minimum absolute atomic E-state index is 0.176. The van der Waals surface area contributed by atoms with Crippen LogP contribution in [-0.2, 0) is 9.53 Å². The van der Waals surface area contributed by atoms with Gasteiger partial charge in [-0.25, -0.2) is 26.7 Å². The number of esters is 1. The highest BCUT2D eigenvalue weighted by atomic mass is 19.2. The molecule has 0 heterocycles. The molecule has 9 heteroatoms. The molecular formula is C15H12F5NO3. The van der Waals surface area contributed by atoms with Crippen molar-refractivity contribution in [2.75, 3.05) is 6.61 Å². The zero-order valence-corrected chi connectivity index (χ0v) is 12.4. The van der Waals surface area contributed by atoms with E-state index in [1.54, 1.807) is 0 Å². The van der Waals surface area contributed by atoms with Crippen molar-refractivity contribution in [3.05, 3.63) is 45.9 Å². The fourth-order valence-electron chi connectivity index (χ4n) is 2.07. The topological polar surface area (TPSA) is 69.4 Å². The van der Waals surface area contributed by atoms with Crippen molar-refractivity contribution in [2.45, 2.75) is 19.8 Å². The van der Waals surface area contributed by atoms with Crippen LogP contribution in [0.25, 0.3) is 0 Å². The molecule has 0 bridgehead atoms. The van der Waals surface area contributed by atoms with Crippen LogP contribution in [0.4, 0.5) is 22.0 Å². The van der Waals surface area contributed by atoms with Gasteiger partial charge in [-0.1, -0.05) is 0 Å². The highest BCUT2D eigenvalue weighted by Crippen LogP contribution is 2.36. The van der Waals surface area contributed by atoms with Crippen LogP contribution >= 0.6 is 0 Å². The molecule has 0 saturated heterocycles. The van der Waals surface area contributed by atoms with E-state index >= 15 is 0 Å². The molecule has 0 radical (unpaired) electrons. The number of hydrogen-bond donors (Lipinski definition) is 1. The lowest BCUT2D eigenvalue weighted by Gasteiger charge is -2.12. The van der Waals surface area contributed by atoms with Crippen LogP contribution in [0, 0.1) is 35.0 Å². The molecule has 24 heavy (non-hydrogen) atoms. The summed E-state index contributed by atoms with van der Waals surface area (Å²) in [6.07, 6.45) is 1.05. The summed E-state index contributed by atoms with van der Waals surface area (Å²) in [5.41, 5.74) is 2.71. The minimum atomic E-state index is -2.40. The Balaban J connectivity index is 2.64. The first-order valence-corrected chi connectivity index (χ1v) is 6.95. The lowest BCUT2D eigenvalue weighted by atomic mass is 9.98. The van der Waals surface area contributed by atoms with Crippen LogP contribution in [0.3, 0.4) is 0 Å². The Bertz CT molecular complexity index is 727. The molecule has 2 N–H and O–H groups in total. The maximum Gasteiger partial charge on any atom is 0.343 e. The van der Waals surface area contributed by atoms with Crippen LogP contribution < -0.4 is 5.73 Å². The van der Waals surface area contributed by atoms with E-state index in [9.17, 15) is 31.5 Å². The molecule has 0 unspecified atom stereocenters. The summed E-state index contributed by atoms with van der Waals surface area (Å²) in [6.45, 7) is 1.23. The average molecular weight is 349 g/mol. The SMILES string of the molecule is CCOC(=O)C(C(=O)c1c(F)c(F)c(F)c(F)c1F)=C(N)C1CC1.